The highest BCUT2D eigenvalue weighted by Crippen LogP contribution is 2.48. The molecule has 0 aromatic heterocycles. The van der Waals surface area contributed by atoms with Gasteiger partial charge in [-0.05, 0) is 30.9 Å². The highest BCUT2D eigenvalue weighted by Gasteiger charge is 2.54. The highest BCUT2D eigenvalue weighted by atomic mass is 35.5. The molecule has 0 spiro atoms. The van der Waals surface area contributed by atoms with Gasteiger partial charge in [0.05, 0.1) is 27.7 Å². The maximum absolute atomic E-state index is 12.3. The van der Waals surface area contributed by atoms with E-state index >= 15 is 0 Å². The van der Waals surface area contributed by atoms with Crippen molar-refractivity contribution in [3.05, 3.63) is 27.2 Å². The quantitative estimate of drug-likeness (QED) is 0.819. The van der Waals surface area contributed by atoms with Crippen LogP contribution in [-0.2, 0) is 9.59 Å². The van der Waals surface area contributed by atoms with Gasteiger partial charge < -0.3 is 10.4 Å². The second kappa shape index (κ2) is 6.71. The van der Waals surface area contributed by atoms with E-state index in [0.717, 1.165) is 12.8 Å². The Labute approximate surface area is 154 Å². The molecular weight excluding hydrogens is 375 g/mol. The molecule has 24 heavy (non-hydrogen) atoms. The van der Waals surface area contributed by atoms with Gasteiger partial charge in [-0.15, -0.1) is 0 Å². The van der Waals surface area contributed by atoms with Crippen molar-refractivity contribution >= 4 is 52.4 Å². The van der Waals surface area contributed by atoms with Crippen molar-refractivity contribution in [3.8, 4) is 0 Å². The second-order valence-corrected chi connectivity index (χ2v) is 7.76. The lowest BCUT2D eigenvalue weighted by atomic mass is 9.81. The van der Waals surface area contributed by atoms with Crippen LogP contribution in [0.5, 0.6) is 0 Å². The van der Waals surface area contributed by atoms with Crippen LogP contribution in [0.4, 0.5) is 5.69 Å². The second-order valence-electron chi connectivity index (χ2n) is 6.51. The van der Waals surface area contributed by atoms with Crippen molar-refractivity contribution in [2.45, 2.75) is 19.3 Å². The molecule has 1 aliphatic carbocycles. The van der Waals surface area contributed by atoms with E-state index in [0.29, 0.717) is 30.2 Å². The first kappa shape index (κ1) is 17.8. The highest BCUT2D eigenvalue weighted by molar-refractivity contribution is 6.42. The summed E-state index contributed by atoms with van der Waals surface area (Å²) in [6.45, 7) is 1.14. The zero-order valence-corrected chi connectivity index (χ0v) is 15.1. The van der Waals surface area contributed by atoms with Crippen LogP contribution in [0, 0.1) is 11.3 Å². The number of hydrogen-bond donors (Lipinski definition) is 2. The van der Waals surface area contributed by atoms with E-state index < -0.39 is 11.4 Å². The van der Waals surface area contributed by atoms with E-state index in [1.54, 1.807) is 0 Å². The van der Waals surface area contributed by atoms with E-state index in [4.69, 9.17) is 34.8 Å². The lowest BCUT2D eigenvalue weighted by Gasteiger charge is -2.23. The minimum absolute atomic E-state index is 0.112. The number of nitrogens with zero attached hydrogens (tertiary/aromatic N) is 1. The van der Waals surface area contributed by atoms with Gasteiger partial charge in [0.2, 0.25) is 5.91 Å². The van der Waals surface area contributed by atoms with Crippen LogP contribution in [0.15, 0.2) is 12.1 Å². The van der Waals surface area contributed by atoms with Gasteiger partial charge in [0.25, 0.3) is 0 Å². The number of halogens is 3. The Morgan fingerprint density at radius 1 is 1.29 bits per heavy atom. The number of rotatable bonds is 4. The van der Waals surface area contributed by atoms with Crippen LogP contribution in [0.25, 0.3) is 0 Å². The summed E-state index contributed by atoms with van der Waals surface area (Å²) in [6.07, 6.45) is 2.52. The number of nitrogens with one attached hydrogen (secondary N) is 1. The smallest absolute Gasteiger partial charge is 0.311 e. The van der Waals surface area contributed by atoms with Crippen LogP contribution in [0.1, 0.15) is 19.3 Å². The molecule has 0 unspecified atom stereocenters. The third kappa shape index (κ3) is 3.23. The Morgan fingerprint density at radius 3 is 2.54 bits per heavy atom. The first-order valence-electron chi connectivity index (χ1n) is 7.72. The van der Waals surface area contributed by atoms with Crippen molar-refractivity contribution in [1.29, 1.82) is 0 Å². The molecule has 1 heterocycles. The van der Waals surface area contributed by atoms with E-state index in [1.807, 2.05) is 4.90 Å². The monoisotopic (exact) mass is 390 g/mol. The molecule has 1 amide bonds. The summed E-state index contributed by atoms with van der Waals surface area (Å²) in [5, 5.41) is 13.2. The predicted octanol–water partition coefficient (Wildman–Crippen LogP) is 3.77. The van der Waals surface area contributed by atoms with Gasteiger partial charge in [-0.1, -0.05) is 41.2 Å². The number of fused-ring (bicyclic) bond motifs is 1. The van der Waals surface area contributed by atoms with Gasteiger partial charge in [0, 0.05) is 18.1 Å². The number of carbonyl (C=O) groups excluding carboxylic acids is 1. The first-order chi connectivity index (χ1) is 11.3. The molecular formula is C16H17Cl3N2O3. The Hall–Kier alpha value is -1.01. The minimum Gasteiger partial charge on any atom is -0.481 e. The van der Waals surface area contributed by atoms with E-state index in [-0.39, 0.29) is 28.4 Å². The van der Waals surface area contributed by atoms with Crippen LogP contribution in [0.2, 0.25) is 15.1 Å². The lowest BCUT2D eigenvalue weighted by Crippen LogP contribution is -2.37. The number of carboxylic acids is 1. The normalized spacial score (nSPS) is 26.4. The zero-order valence-electron chi connectivity index (χ0n) is 12.8. The minimum atomic E-state index is -0.753. The Balaban J connectivity index is 1.66. The fraction of sp³-hybridized carbons (Fsp3) is 0.500. The molecule has 2 fully saturated rings. The average Bonchev–Trinajstić information content (AvgIpc) is 3.00. The van der Waals surface area contributed by atoms with Crippen LogP contribution in [0.3, 0.4) is 0 Å². The van der Waals surface area contributed by atoms with Crippen molar-refractivity contribution in [1.82, 2.24) is 4.90 Å². The number of anilines is 1. The van der Waals surface area contributed by atoms with Crippen LogP contribution >= 0.6 is 34.8 Å². The van der Waals surface area contributed by atoms with Crippen molar-refractivity contribution < 1.29 is 14.7 Å². The number of carboxylic acid groups (broad SMARTS) is 1. The molecule has 1 aromatic rings. The molecule has 3 rings (SSSR count). The van der Waals surface area contributed by atoms with Crippen molar-refractivity contribution in [2.24, 2.45) is 11.3 Å². The molecule has 5 nitrogen and oxygen atoms in total. The van der Waals surface area contributed by atoms with Crippen LogP contribution in [-0.4, -0.2) is 41.5 Å². The van der Waals surface area contributed by atoms with Gasteiger partial charge in [-0.3, -0.25) is 14.5 Å². The van der Waals surface area contributed by atoms with Crippen molar-refractivity contribution in [2.75, 3.05) is 25.0 Å². The number of amides is 1. The third-order valence-electron chi connectivity index (χ3n) is 5.01. The summed E-state index contributed by atoms with van der Waals surface area (Å²) in [5.74, 6) is -0.913. The molecule has 1 aromatic carbocycles. The Kier molecular flexibility index (Phi) is 4.98. The predicted molar refractivity (Wildman–Crippen MR) is 94.0 cm³/mol. The Bertz CT molecular complexity index is 674. The summed E-state index contributed by atoms with van der Waals surface area (Å²) in [6, 6.07) is 3.01. The number of hydrogen-bond acceptors (Lipinski definition) is 3. The molecule has 2 aliphatic rings. The van der Waals surface area contributed by atoms with Gasteiger partial charge in [-0.2, -0.15) is 0 Å². The lowest BCUT2D eigenvalue weighted by molar-refractivity contribution is -0.149. The number of likely N-dealkylation sites (tertiary alicyclic amines) is 1. The van der Waals surface area contributed by atoms with E-state index in [2.05, 4.69) is 5.32 Å². The van der Waals surface area contributed by atoms with Gasteiger partial charge in [0.1, 0.15) is 0 Å². The standard InChI is InChI=1S/C16H17Cl3N2O3/c17-10-4-11(18)14(12(19)5-10)20-13(22)7-21-6-9-2-1-3-16(9,8-21)15(23)24/h4-5,9H,1-3,6-8H2,(H,20,22)(H,23,24)/t9-,16+/m0/s1. The molecule has 0 radical (unpaired) electrons. The maximum atomic E-state index is 12.3. The maximum Gasteiger partial charge on any atom is 0.311 e. The molecule has 8 heteroatoms. The molecule has 2 N–H and O–H groups in total. The zero-order chi connectivity index (χ0) is 17.5. The number of carbonyl (C=O) groups is 2. The number of aliphatic carboxylic acids is 1. The summed E-state index contributed by atoms with van der Waals surface area (Å²) in [7, 11) is 0. The molecule has 1 saturated heterocycles. The topological polar surface area (TPSA) is 69.6 Å². The van der Waals surface area contributed by atoms with Gasteiger partial charge in [-0.25, -0.2) is 0 Å². The summed E-state index contributed by atoms with van der Waals surface area (Å²) in [5.41, 5.74) is -0.379. The first-order valence-corrected chi connectivity index (χ1v) is 8.85. The Morgan fingerprint density at radius 2 is 1.96 bits per heavy atom. The fourth-order valence-corrected chi connectivity index (χ4v) is 4.82. The SMILES string of the molecule is O=C(CN1C[C@@H]2CCC[C@@]2(C(=O)O)C1)Nc1c(Cl)cc(Cl)cc1Cl. The summed E-state index contributed by atoms with van der Waals surface area (Å²) in [4.78, 5) is 25.9. The number of benzene rings is 1. The van der Waals surface area contributed by atoms with Crippen molar-refractivity contribution in [3.63, 3.8) is 0 Å². The molecule has 2 atom stereocenters. The summed E-state index contributed by atoms with van der Waals surface area (Å²) >= 11 is 18.0. The largest absolute Gasteiger partial charge is 0.481 e. The van der Waals surface area contributed by atoms with Crippen LogP contribution < -0.4 is 5.32 Å². The molecule has 130 valence electrons. The summed E-state index contributed by atoms with van der Waals surface area (Å²) < 4.78 is 0. The van der Waals surface area contributed by atoms with Gasteiger partial charge in [0.15, 0.2) is 0 Å². The van der Waals surface area contributed by atoms with E-state index in [9.17, 15) is 14.7 Å². The molecule has 1 aliphatic heterocycles. The molecule has 0 bridgehead atoms. The fourth-order valence-electron chi connectivity index (χ4n) is 3.91. The molecule has 1 saturated carbocycles. The van der Waals surface area contributed by atoms with E-state index in [1.165, 1.54) is 12.1 Å². The van der Waals surface area contributed by atoms with Gasteiger partial charge >= 0.3 is 5.97 Å². The average molecular weight is 392 g/mol. The third-order valence-corrected chi connectivity index (χ3v) is 5.82.